The second-order valence-electron chi connectivity index (χ2n) is 5.67. The predicted octanol–water partition coefficient (Wildman–Crippen LogP) is 3.52. The van der Waals surface area contributed by atoms with Gasteiger partial charge in [0.05, 0.1) is 5.69 Å². The number of ether oxygens (including phenoxy) is 1. The van der Waals surface area contributed by atoms with E-state index in [1.54, 1.807) is 42.5 Å². The van der Waals surface area contributed by atoms with E-state index < -0.39 is 0 Å². The van der Waals surface area contributed by atoms with Gasteiger partial charge in [-0.3, -0.25) is 4.79 Å². The highest BCUT2D eigenvalue weighted by Crippen LogP contribution is 2.24. The predicted molar refractivity (Wildman–Crippen MR) is 93.9 cm³/mol. The van der Waals surface area contributed by atoms with Crippen molar-refractivity contribution in [2.45, 2.75) is 26.5 Å². The van der Waals surface area contributed by atoms with Gasteiger partial charge in [0, 0.05) is 17.7 Å². The van der Waals surface area contributed by atoms with Gasteiger partial charge in [-0.05, 0) is 43.7 Å². The Bertz CT molecular complexity index is 742. The number of nitrogens with two attached hydrogens (primary N) is 1. The molecule has 0 aliphatic carbocycles. The van der Waals surface area contributed by atoms with Crippen molar-refractivity contribution in [2.75, 3.05) is 5.73 Å². The van der Waals surface area contributed by atoms with Crippen molar-refractivity contribution in [3.8, 4) is 5.75 Å². The van der Waals surface area contributed by atoms with Gasteiger partial charge in [0.25, 0.3) is 0 Å². The SMILES string of the molecule is CC(C)NC(=O)/C=C\c1ccc(OCc2ccccc2F)c(N)c1. The van der Waals surface area contributed by atoms with Crippen LogP contribution in [0.1, 0.15) is 25.0 Å². The summed E-state index contributed by atoms with van der Waals surface area (Å²) in [4.78, 5) is 11.6. The first kappa shape index (κ1) is 17.5. The van der Waals surface area contributed by atoms with Crippen LogP contribution >= 0.6 is 0 Å². The molecule has 0 radical (unpaired) electrons. The second kappa shape index (κ2) is 8.15. The Hall–Kier alpha value is -2.82. The van der Waals surface area contributed by atoms with Crippen LogP contribution in [-0.4, -0.2) is 11.9 Å². The lowest BCUT2D eigenvalue weighted by molar-refractivity contribution is -0.116. The van der Waals surface area contributed by atoms with E-state index >= 15 is 0 Å². The molecule has 5 heteroatoms. The molecule has 1 amide bonds. The summed E-state index contributed by atoms with van der Waals surface area (Å²) in [7, 11) is 0. The zero-order valence-corrected chi connectivity index (χ0v) is 13.8. The van der Waals surface area contributed by atoms with Gasteiger partial charge in [-0.15, -0.1) is 0 Å². The summed E-state index contributed by atoms with van der Waals surface area (Å²) in [6, 6.07) is 11.7. The topological polar surface area (TPSA) is 64.3 Å². The first-order valence-electron chi connectivity index (χ1n) is 7.70. The molecule has 24 heavy (non-hydrogen) atoms. The number of anilines is 1. The van der Waals surface area contributed by atoms with Gasteiger partial charge in [-0.2, -0.15) is 0 Å². The van der Waals surface area contributed by atoms with Gasteiger partial charge < -0.3 is 15.8 Å². The lowest BCUT2D eigenvalue weighted by Gasteiger charge is -2.10. The molecule has 0 aliphatic rings. The van der Waals surface area contributed by atoms with Crippen LogP contribution < -0.4 is 15.8 Å². The number of rotatable bonds is 6. The Morgan fingerprint density at radius 2 is 2.04 bits per heavy atom. The fraction of sp³-hybridized carbons (Fsp3) is 0.211. The fourth-order valence-electron chi connectivity index (χ4n) is 2.08. The minimum atomic E-state index is -0.313. The summed E-state index contributed by atoms with van der Waals surface area (Å²) in [5, 5.41) is 2.77. The van der Waals surface area contributed by atoms with Crippen molar-refractivity contribution in [3.63, 3.8) is 0 Å². The van der Waals surface area contributed by atoms with Gasteiger partial charge in [0.1, 0.15) is 18.2 Å². The lowest BCUT2D eigenvalue weighted by Crippen LogP contribution is -2.28. The maximum absolute atomic E-state index is 13.6. The lowest BCUT2D eigenvalue weighted by atomic mass is 10.1. The average Bonchev–Trinajstić information content (AvgIpc) is 2.53. The van der Waals surface area contributed by atoms with Gasteiger partial charge >= 0.3 is 0 Å². The van der Waals surface area contributed by atoms with Crippen LogP contribution in [-0.2, 0) is 11.4 Å². The third-order valence-electron chi connectivity index (χ3n) is 3.23. The smallest absolute Gasteiger partial charge is 0.244 e. The van der Waals surface area contributed by atoms with Crippen LogP contribution in [0.25, 0.3) is 6.08 Å². The molecule has 3 N–H and O–H groups in total. The summed E-state index contributed by atoms with van der Waals surface area (Å²) in [5.41, 5.74) is 7.63. The molecule has 0 heterocycles. The van der Waals surface area contributed by atoms with E-state index in [4.69, 9.17) is 10.5 Å². The van der Waals surface area contributed by atoms with Crippen molar-refractivity contribution in [3.05, 3.63) is 65.5 Å². The van der Waals surface area contributed by atoms with Crippen molar-refractivity contribution < 1.29 is 13.9 Å². The van der Waals surface area contributed by atoms with E-state index in [0.717, 1.165) is 5.56 Å². The molecule has 0 atom stereocenters. The summed E-state index contributed by atoms with van der Waals surface area (Å²) in [6.45, 7) is 3.89. The van der Waals surface area contributed by atoms with Crippen LogP contribution in [0.2, 0.25) is 0 Å². The number of carbonyl (C=O) groups excluding carboxylic acids is 1. The summed E-state index contributed by atoms with van der Waals surface area (Å²) >= 11 is 0. The average molecular weight is 328 g/mol. The van der Waals surface area contributed by atoms with Crippen molar-refractivity contribution in [2.24, 2.45) is 0 Å². The van der Waals surface area contributed by atoms with Crippen LogP contribution in [0.15, 0.2) is 48.5 Å². The highest BCUT2D eigenvalue weighted by Gasteiger charge is 2.05. The molecule has 0 bridgehead atoms. The molecule has 0 unspecified atom stereocenters. The quantitative estimate of drug-likeness (QED) is 0.630. The van der Waals surface area contributed by atoms with E-state index in [2.05, 4.69) is 5.32 Å². The molecule has 0 aromatic heterocycles. The molecule has 0 saturated carbocycles. The summed E-state index contributed by atoms with van der Waals surface area (Å²) in [6.07, 6.45) is 3.13. The monoisotopic (exact) mass is 328 g/mol. The largest absolute Gasteiger partial charge is 0.487 e. The van der Waals surface area contributed by atoms with Crippen LogP contribution in [0.5, 0.6) is 5.75 Å². The van der Waals surface area contributed by atoms with Crippen molar-refractivity contribution in [1.82, 2.24) is 5.32 Å². The third kappa shape index (κ3) is 5.12. The Morgan fingerprint density at radius 1 is 1.29 bits per heavy atom. The fourth-order valence-corrected chi connectivity index (χ4v) is 2.08. The Kier molecular flexibility index (Phi) is 5.95. The molecule has 0 spiro atoms. The van der Waals surface area contributed by atoms with Gasteiger partial charge in [-0.1, -0.05) is 24.3 Å². The first-order chi connectivity index (χ1) is 11.5. The molecule has 4 nitrogen and oxygen atoms in total. The first-order valence-corrected chi connectivity index (χ1v) is 7.70. The maximum atomic E-state index is 13.6. The Balaban J connectivity index is 2.00. The third-order valence-corrected chi connectivity index (χ3v) is 3.23. The number of hydrogen-bond acceptors (Lipinski definition) is 3. The summed E-state index contributed by atoms with van der Waals surface area (Å²) in [5.74, 6) is -0.00252. The van der Waals surface area contributed by atoms with Gasteiger partial charge in [0.2, 0.25) is 5.91 Å². The second-order valence-corrected chi connectivity index (χ2v) is 5.67. The van der Waals surface area contributed by atoms with Crippen LogP contribution in [0.4, 0.5) is 10.1 Å². The normalized spacial score (nSPS) is 11.0. The molecule has 0 aliphatic heterocycles. The number of carbonyl (C=O) groups is 1. The zero-order valence-electron chi connectivity index (χ0n) is 13.8. The minimum Gasteiger partial charge on any atom is -0.487 e. The van der Waals surface area contributed by atoms with E-state index in [1.165, 1.54) is 12.1 Å². The highest BCUT2D eigenvalue weighted by molar-refractivity contribution is 5.92. The molecule has 2 aromatic carbocycles. The number of halogens is 1. The molecular formula is C19H21FN2O2. The Morgan fingerprint density at radius 3 is 2.71 bits per heavy atom. The maximum Gasteiger partial charge on any atom is 0.244 e. The van der Waals surface area contributed by atoms with E-state index in [1.807, 2.05) is 13.8 Å². The van der Waals surface area contributed by atoms with Gasteiger partial charge in [0.15, 0.2) is 0 Å². The molecule has 2 rings (SSSR count). The number of hydrogen-bond donors (Lipinski definition) is 2. The number of benzene rings is 2. The molecule has 2 aromatic rings. The molecule has 126 valence electrons. The molecular weight excluding hydrogens is 307 g/mol. The van der Waals surface area contributed by atoms with E-state index in [-0.39, 0.29) is 24.4 Å². The van der Waals surface area contributed by atoms with Crippen LogP contribution in [0, 0.1) is 5.82 Å². The van der Waals surface area contributed by atoms with E-state index in [0.29, 0.717) is 17.0 Å². The van der Waals surface area contributed by atoms with Crippen molar-refractivity contribution in [1.29, 1.82) is 0 Å². The van der Waals surface area contributed by atoms with Crippen LogP contribution in [0.3, 0.4) is 0 Å². The molecule has 0 saturated heterocycles. The standard InChI is InChI=1S/C19H21FN2O2/c1-13(2)22-19(23)10-8-14-7-9-18(17(21)11-14)24-12-15-5-3-4-6-16(15)20/h3-11,13H,12,21H2,1-2H3,(H,22,23)/b10-8-. The number of nitrogen functional groups attached to an aromatic ring is 1. The highest BCUT2D eigenvalue weighted by atomic mass is 19.1. The zero-order chi connectivity index (χ0) is 17.5. The minimum absolute atomic E-state index is 0.0846. The molecule has 0 fully saturated rings. The number of amides is 1. The van der Waals surface area contributed by atoms with Crippen molar-refractivity contribution >= 4 is 17.7 Å². The van der Waals surface area contributed by atoms with Gasteiger partial charge in [-0.25, -0.2) is 4.39 Å². The number of nitrogens with one attached hydrogen (secondary N) is 1. The Labute approximate surface area is 141 Å². The van der Waals surface area contributed by atoms with E-state index in [9.17, 15) is 9.18 Å². The summed E-state index contributed by atoms with van der Waals surface area (Å²) < 4.78 is 19.1.